The summed E-state index contributed by atoms with van der Waals surface area (Å²) in [6, 6.07) is 10.3. The highest BCUT2D eigenvalue weighted by Gasteiger charge is 2.18. The number of ether oxygens (including phenoxy) is 2. The zero-order valence-corrected chi connectivity index (χ0v) is 13.5. The quantitative estimate of drug-likeness (QED) is 0.405. The van der Waals surface area contributed by atoms with Crippen molar-refractivity contribution in [3.8, 4) is 11.5 Å². The molecule has 0 atom stereocenters. The maximum Gasteiger partial charge on any atom is 0.311 e. The highest BCUT2D eigenvalue weighted by atomic mass is 16.6. The first-order chi connectivity index (χ1) is 12.1. The molecule has 1 heterocycles. The molecule has 9 nitrogen and oxygen atoms in total. The van der Waals surface area contributed by atoms with Gasteiger partial charge in [0.1, 0.15) is 5.75 Å². The van der Waals surface area contributed by atoms with Gasteiger partial charge in [0.15, 0.2) is 0 Å². The Hall–Kier alpha value is -3.62. The molecule has 128 valence electrons. The minimum absolute atomic E-state index is 0.115. The van der Waals surface area contributed by atoms with Gasteiger partial charge in [0, 0.05) is 17.7 Å². The van der Waals surface area contributed by atoms with Crippen LogP contribution in [0.3, 0.4) is 0 Å². The summed E-state index contributed by atoms with van der Waals surface area (Å²) in [5.74, 6) is 0.973. The van der Waals surface area contributed by atoms with Crippen LogP contribution >= 0.6 is 0 Å². The average molecular weight is 341 g/mol. The van der Waals surface area contributed by atoms with E-state index in [0.29, 0.717) is 17.3 Å². The van der Waals surface area contributed by atoms with Crippen LogP contribution in [0.5, 0.6) is 11.5 Å². The van der Waals surface area contributed by atoms with Gasteiger partial charge in [0.25, 0.3) is 0 Å². The molecule has 2 N–H and O–H groups in total. The Morgan fingerprint density at radius 3 is 2.68 bits per heavy atom. The summed E-state index contributed by atoms with van der Waals surface area (Å²) in [7, 11) is 2.82. The van der Waals surface area contributed by atoms with Gasteiger partial charge in [-0.2, -0.15) is 5.10 Å². The Kier molecular flexibility index (Phi) is 4.46. The van der Waals surface area contributed by atoms with Crippen molar-refractivity contribution in [1.29, 1.82) is 0 Å². The predicted molar refractivity (Wildman–Crippen MR) is 93.5 cm³/mol. The van der Waals surface area contributed by atoms with E-state index < -0.39 is 4.92 Å². The number of benzene rings is 2. The number of imidazole rings is 1. The number of nitrogens with one attached hydrogen (secondary N) is 2. The van der Waals surface area contributed by atoms with Crippen LogP contribution in [0, 0.1) is 10.1 Å². The number of H-pyrrole nitrogens is 1. The molecule has 0 amide bonds. The lowest BCUT2D eigenvalue weighted by atomic mass is 10.1. The van der Waals surface area contributed by atoms with Gasteiger partial charge in [-0.3, -0.25) is 10.1 Å². The van der Waals surface area contributed by atoms with Crippen molar-refractivity contribution in [2.45, 2.75) is 0 Å². The third-order valence-electron chi connectivity index (χ3n) is 3.49. The SMILES string of the molecule is COc1cc(OC)c([N+](=O)[O-])cc1C=NNc1nc2ccccc2[nH]1. The second-order valence-corrected chi connectivity index (χ2v) is 5.00. The Labute approximate surface area is 142 Å². The number of rotatable bonds is 6. The van der Waals surface area contributed by atoms with Crippen LogP contribution in [0.15, 0.2) is 41.5 Å². The number of nitro benzene ring substituents is 1. The molecule has 0 fully saturated rings. The van der Waals surface area contributed by atoms with Crippen molar-refractivity contribution in [2.75, 3.05) is 19.6 Å². The standard InChI is InChI=1S/C16H15N5O4/c1-24-14-8-15(25-2)13(21(22)23)7-10(14)9-17-20-16-18-11-5-3-4-6-12(11)19-16/h3-9H,1-2H3,(H2,18,19,20). The lowest BCUT2D eigenvalue weighted by Crippen LogP contribution is -1.99. The molecule has 3 rings (SSSR count). The highest BCUT2D eigenvalue weighted by Crippen LogP contribution is 2.33. The number of hydrazone groups is 1. The third-order valence-corrected chi connectivity index (χ3v) is 3.49. The monoisotopic (exact) mass is 341 g/mol. The van der Waals surface area contributed by atoms with Crippen molar-refractivity contribution >= 4 is 28.9 Å². The van der Waals surface area contributed by atoms with Gasteiger partial charge in [-0.1, -0.05) is 12.1 Å². The summed E-state index contributed by atoms with van der Waals surface area (Å²) in [5.41, 5.74) is 4.69. The number of fused-ring (bicyclic) bond motifs is 1. The molecular formula is C16H15N5O4. The predicted octanol–water partition coefficient (Wildman–Crippen LogP) is 2.93. The number of para-hydroxylation sites is 2. The van der Waals surface area contributed by atoms with Crippen molar-refractivity contribution in [1.82, 2.24) is 9.97 Å². The highest BCUT2D eigenvalue weighted by molar-refractivity contribution is 5.86. The molecule has 2 aromatic carbocycles. The third kappa shape index (κ3) is 3.34. The van der Waals surface area contributed by atoms with Gasteiger partial charge in [-0.25, -0.2) is 10.4 Å². The zero-order valence-electron chi connectivity index (χ0n) is 13.5. The fourth-order valence-corrected chi connectivity index (χ4v) is 2.32. The molecule has 0 spiro atoms. The van der Waals surface area contributed by atoms with E-state index in [2.05, 4.69) is 20.5 Å². The first-order valence-corrected chi connectivity index (χ1v) is 7.26. The van der Waals surface area contributed by atoms with E-state index in [1.165, 1.54) is 32.6 Å². The summed E-state index contributed by atoms with van der Waals surface area (Å²) in [6.45, 7) is 0. The van der Waals surface area contributed by atoms with E-state index in [-0.39, 0.29) is 11.4 Å². The molecule has 0 aliphatic carbocycles. The molecule has 0 bridgehead atoms. The fraction of sp³-hybridized carbons (Fsp3) is 0.125. The average Bonchev–Trinajstić information content (AvgIpc) is 3.03. The zero-order chi connectivity index (χ0) is 17.8. The maximum absolute atomic E-state index is 11.1. The van der Waals surface area contributed by atoms with Crippen LogP contribution in [0.1, 0.15) is 5.56 Å². The Morgan fingerprint density at radius 2 is 2.00 bits per heavy atom. The topological polar surface area (TPSA) is 115 Å². The van der Waals surface area contributed by atoms with E-state index in [0.717, 1.165) is 11.0 Å². The van der Waals surface area contributed by atoms with Crippen molar-refractivity contribution in [2.24, 2.45) is 5.10 Å². The van der Waals surface area contributed by atoms with Gasteiger partial charge in [-0.05, 0) is 12.1 Å². The number of aromatic nitrogens is 2. The minimum atomic E-state index is -0.526. The molecule has 3 aromatic rings. The number of methoxy groups -OCH3 is 2. The fourth-order valence-electron chi connectivity index (χ4n) is 2.32. The Morgan fingerprint density at radius 1 is 1.24 bits per heavy atom. The molecule has 0 unspecified atom stereocenters. The Balaban J connectivity index is 1.86. The molecule has 25 heavy (non-hydrogen) atoms. The summed E-state index contributed by atoms with van der Waals surface area (Å²) in [5, 5.41) is 15.2. The molecule has 0 saturated carbocycles. The van der Waals surface area contributed by atoms with Crippen molar-refractivity contribution in [3.63, 3.8) is 0 Å². The number of hydrogen-bond acceptors (Lipinski definition) is 7. The molecule has 0 aliphatic heterocycles. The minimum Gasteiger partial charge on any atom is -0.496 e. The second-order valence-electron chi connectivity index (χ2n) is 5.00. The summed E-state index contributed by atoms with van der Waals surface area (Å²) in [4.78, 5) is 18.0. The number of hydrogen-bond donors (Lipinski definition) is 2. The van der Waals surface area contributed by atoms with Gasteiger partial charge in [-0.15, -0.1) is 0 Å². The summed E-state index contributed by atoms with van der Waals surface area (Å²) < 4.78 is 10.2. The Bertz CT molecular complexity index is 918. The summed E-state index contributed by atoms with van der Waals surface area (Å²) >= 11 is 0. The largest absolute Gasteiger partial charge is 0.496 e. The van der Waals surface area contributed by atoms with E-state index >= 15 is 0 Å². The van der Waals surface area contributed by atoms with Crippen LogP contribution in [0.2, 0.25) is 0 Å². The van der Waals surface area contributed by atoms with Crippen molar-refractivity contribution < 1.29 is 14.4 Å². The van der Waals surface area contributed by atoms with Crippen LogP contribution in [-0.4, -0.2) is 35.3 Å². The van der Waals surface area contributed by atoms with Gasteiger partial charge >= 0.3 is 5.69 Å². The lowest BCUT2D eigenvalue weighted by Gasteiger charge is -2.08. The second kappa shape index (κ2) is 6.87. The van der Waals surface area contributed by atoms with E-state index in [1.807, 2.05) is 24.3 Å². The maximum atomic E-state index is 11.1. The van der Waals surface area contributed by atoms with Gasteiger partial charge in [0.2, 0.25) is 11.7 Å². The van der Waals surface area contributed by atoms with Crippen LogP contribution in [-0.2, 0) is 0 Å². The molecule has 0 radical (unpaired) electrons. The molecular weight excluding hydrogens is 326 g/mol. The first kappa shape index (κ1) is 16.2. The number of anilines is 1. The number of nitro groups is 1. The van der Waals surface area contributed by atoms with Crippen LogP contribution in [0.4, 0.5) is 11.6 Å². The van der Waals surface area contributed by atoms with Crippen LogP contribution < -0.4 is 14.9 Å². The molecule has 0 saturated heterocycles. The smallest absolute Gasteiger partial charge is 0.311 e. The van der Waals surface area contributed by atoms with Crippen molar-refractivity contribution in [3.05, 3.63) is 52.1 Å². The number of aromatic amines is 1. The van der Waals surface area contributed by atoms with Gasteiger partial charge in [0.05, 0.1) is 36.4 Å². The van der Waals surface area contributed by atoms with E-state index in [4.69, 9.17) is 9.47 Å². The molecule has 1 aromatic heterocycles. The summed E-state index contributed by atoms with van der Waals surface area (Å²) in [6.07, 6.45) is 1.42. The molecule has 0 aliphatic rings. The van der Waals surface area contributed by atoms with E-state index in [1.54, 1.807) is 0 Å². The first-order valence-electron chi connectivity index (χ1n) is 7.26. The molecule has 9 heteroatoms. The van der Waals surface area contributed by atoms with E-state index in [9.17, 15) is 10.1 Å². The van der Waals surface area contributed by atoms with Crippen LogP contribution in [0.25, 0.3) is 11.0 Å². The van der Waals surface area contributed by atoms with Gasteiger partial charge < -0.3 is 14.5 Å². The number of nitrogens with zero attached hydrogens (tertiary/aromatic N) is 3. The lowest BCUT2D eigenvalue weighted by molar-refractivity contribution is -0.385. The normalized spacial score (nSPS) is 11.0.